The Balaban J connectivity index is 2.00. The van der Waals surface area contributed by atoms with Gasteiger partial charge in [-0.15, -0.1) is 0 Å². The number of esters is 1. The van der Waals surface area contributed by atoms with Crippen LogP contribution in [0.25, 0.3) is 0 Å². The zero-order valence-electron chi connectivity index (χ0n) is 10.9. The summed E-state index contributed by atoms with van der Waals surface area (Å²) in [7, 11) is 0. The molecule has 0 atom stereocenters. The van der Waals surface area contributed by atoms with E-state index in [9.17, 15) is 4.79 Å². The SMILES string of the molecule is C=C(C)C(=O)OC(C1CCCC1)C1CCCC1. The van der Waals surface area contributed by atoms with Gasteiger partial charge < -0.3 is 4.74 Å². The molecular weight excluding hydrogens is 212 g/mol. The zero-order chi connectivity index (χ0) is 12.3. The van der Waals surface area contributed by atoms with Gasteiger partial charge in [0.25, 0.3) is 0 Å². The van der Waals surface area contributed by atoms with Crippen molar-refractivity contribution in [3.05, 3.63) is 12.2 Å². The Hall–Kier alpha value is -0.790. The minimum Gasteiger partial charge on any atom is -0.458 e. The molecule has 2 aliphatic carbocycles. The number of hydrogen-bond donors (Lipinski definition) is 0. The van der Waals surface area contributed by atoms with Crippen LogP contribution in [-0.2, 0) is 9.53 Å². The highest BCUT2D eigenvalue weighted by Gasteiger charge is 2.35. The first kappa shape index (κ1) is 12.7. The van der Waals surface area contributed by atoms with Gasteiger partial charge in [-0.3, -0.25) is 0 Å². The summed E-state index contributed by atoms with van der Waals surface area (Å²) in [5.74, 6) is 1.04. The molecule has 2 aliphatic rings. The van der Waals surface area contributed by atoms with Gasteiger partial charge in [-0.05, 0) is 44.4 Å². The average molecular weight is 236 g/mol. The van der Waals surface area contributed by atoms with E-state index in [0.29, 0.717) is 17.4 Å². The van der Waals surface area contributed by atoms with E-state index in [1.54, 1.807) is 6.92 Å². The number of ether oxygens (including phenoxy) is 1. The maximum absolute atomic E-state index is 11.7. The second kappa shape index (κ2) is 5.70. The van der Waals surface area contributed by atoms with Gasteiger partial charge in [-0.2, -0.15) is 0 Å². The molecule has 96 valence electrons. The lowest BCUT2D eigenvalue weighted by molar-refractivity contribution is -0.150. The first-order valence-corrected chi connectivity index (χ1v) is 7.05. The molecule has 17 heavy (non-hydrogen) atoms. The molecule has 0 radical (unpaired) electrons. The van der Waals surface area contributed by atoms with Gasteiger partial charge in [0.05, 0.1) is 0 Å². The fraction of sp³-hybridized carbons (Fsp3) is 0.800. The van der Waals surface area contributed by atoms with Crippen LogP contribution < -0.4 is 0 Å². The lowest BCUT2D eigenvalue weighted by Crippen LogP contribution is -2.32. The minimum absolute atomic E-state index is 0.171. The Morgan fingerprint density at radius 1 is 1.06 bits per heavy atom. The van der Waals surface area contributed by atoms with E-state index in [4.69, 9.17) is 4.74 Å². The van der Waals surface area contributed by atoms with E-state index >= 15 is 0 Å². The first-order valence-electron chi connectivity index (χ1n) is 7.05. The summed E-state index contributed by atoms with van der Waals surface area (Å²) >= 11 is 0. The van der Waals surface area contributed by atoms with Crippen LogP contribution in [0.15, 0.2) is 12.2 Å². The second-order valence-corrected chi connectivity index (χ2v) is 5.74. The third-order valence-corrected chi connectivity index (χ3v) is 4.32. The monoisotopic (exact) mass is 236 g/mol. The van der Waals surface area contributed by atoms with Crippen molar-refractivity contribution in [3.63, 3.8) is 0 Å². The Morgan fingerprint density at radius 3 is 1.82 bits per heavy atom. The van der Waals surface area contributed by atoms with Crippen LogP contribution in [0.4, 0.5) is 0 Å². The normalized spacial score (nSPS) is 22.2. The summed E-state index contributed by atoms with van der Waals surface area (Å²) in [6.07, 6.45) is 10.3. The van der Waals surface area contributed by atoms with E-state index in [2.05, 4.69) is 6.58 Å². The minimum atomic E-state index is -0.186. The number of carbonyl (C=O) groups is 1. The molecule has 0 aromatic rings. The van der Waals surface area contributed by atoms with Crippen LogP contribution in [0.3, 0.4) is 0 Å². The van der Waals surface area contributed by atoms with Crippen molar-refractivity contribution in [2.24, 2.45) is 11.8 Å². The molecule has 0 aromatic carbocycles. The van der Waals surface area contributed by atoms with Gasteiger partial charge in [-0.1, -0.05) is 32.3 Å². The second-order valence-electron chi connectivity index (χ2n) is 5.74. The quantitative estimate of drug-likeness (QED) is 0.547. The molecule has 0 aliphatic heterocycles. The number of carbonyl (C=O) groups excluding carboxylic acids is 1. The van der Waals surface area contributed by atoms with Crippen molar-refractivity contribution in [3.8, 4) is 0 Å². The van der Waals surface area contributed by atoms with E-state index in [1.807, 2.05) is 0 Å². The van der Waals surface area contributed by atoms with Crippen LogP contribution in [0.2, 0.25) is 0 Å². The highest BCUT2D eigenvalue weighted by molar-refractivity contribution is 5.87. The van der Waals surface area contributed by atoms with Gasteiger partial charge in [0.15, 0.2) is 0 Å². The zero-order valence-corrected chi connectivity index (χ0v) is 10.9. The first-order chi connectivity index (χ1) is 8.18. The lowest BCUT2D eigenvalue weighted by atomic mass is 9.88. The summed E-state index contributed by atoms with van der Waals surface area (Å²) in [6, 6.07) is 0. The Labute approximate surface area is 104 Å². The van der Waals surface area contributed by atoms with Crippen molar-refractivity contribution in [1.29, 1.82) is 0 Å². The summed E-state index contributed by atoms with van der Waals surface area (Å²) in [5.41, 5.74) is 0.533. The van der Waals surface area contributed by atoms with Crippen molar-refractivity contribution >= 4 is 5.97 Å². The van der Waals surface area contributed by atoms with Crippen LogP contribution in [0.5, 0.6) is 0 Å². The van der Waals surface area contributed by atoms with Crippen LogP contribution >= 0.6 is 0 Å². The largest absolute Gasteiger partial charge is 0.458 e. The topological polar surface area (TPSA) is 26.3 Å². The van der Waals surface area contributed by atoms with Gasteiger partial charge in [0.1, 0.15) is 6.10 Å². The molecule has 0 bridgehead atoms. The summed E-state index contributed by atoms with van der Waals surface area (Å²) in [5, 5.41) is 0. The smallest absolute Gasteiger partial charge is 0.333 e. The molecule has 2 heteroatoms. The molecule has 0 saturated heterocycles. The average Bonchev–Trinajstić information content (AvgIpc) is 2.98. The van der Waals surface area contributed by atoms with Gasteiger partial charge in [0.2, 0.25) is 0 Å². The van der Waals surface area contributed by atoms with E-state index in [-0.39, 0.29) is 12.1 Å². The molecule has 2 saturated carbocycles. The Kier molecular flexibility index (Phi) is 4.25. The van der Waals surface area contributed by atoms with Crippen LogP contribution in [0.1, 0.15) is 58.3 Å². The van der Waals surface area contributed by atoms with Crippen molar-refractivity contribution in [2.45, 2.75) is 64.4 Å². The Bertz CT molecular complexity index is 267. The van der Waals surface area contributed by atoms with Crippen LogP contribution in [-0.4, -0.2) is 12.1 Å². The van der Waals surface area contributed by atoms with Crippen molar-refractivity contribution in [2.75, 3.05) is 0 Å². The fourth-order valence-corrected chi connectivity index (χ4v) is 3.37. The summed E-state index contributed by atoms with van der Waals surface area (Å²) in [6.45, 7) is 5.43. The van der Waals surface area contributed by atoms with Crippen molar-refractivity contribution in [1.82, 2.24) is 0 Å². The van der Waals surface area contributed by atoms with E-state index < -0.39 is 0 Å². The molecule has 0 unspecified atom stereocenters. The predicted octanol–water partition coefficient (Wildman–Crippen LogP) is 3.85. The lowest BCUT2D eigenvalue weighted by Gasteiger charge is -2.29. The molecule has 2 rings (SSSR count). The Morgan fingerprint density at radius 2 is 1.47 bits per heavy atom. The van der Waals surface area contributed by atoms with Gasteiger partial charge >= 0.3 is 5.97 Å². The van der Waals surface area contributed by atoms with Crippen LogP contribution in [0, 0.1) is 11.8 Å². The third-order valence-electron chi connectivity index (χ3n) is 4.32. The molecule has 0 N–H and O–H groups in total. The summed E-state index contributed by atoms with van der Waals surface area (Å²) < 4.78 is 5.74. The number of rotatable bonds is 4. The summed E-state index contributed by atoms with van der Waals surface area (Å²) in [4.78, 5) is 11.7. The van der Waals surface area contributed by atoms with Gasteiger partial charge in [0, 0.05) is 5.57 Å². The number of hydrogen-bond acceptors (Lipinski definition) is 2. The maximum Gasteiger partial charge on any atom is 0.333 e. The predicted molar refractivity (Wildman–Crippen MR) is 68.6 cm³/mol. The van der Waals surface area contributed by atoms with E-state index in [0.717, 1.165) is 0 Å². The highest BCUT2D eigenvalue weighted by Crippen LogP contribution is 2.39. The molecule has 0 aromatic heterocycles. The molecule has 0 heterocycles. The maximum atomic E-state index is 11.7. The molecule has 2 nitrogen and oxygen atoms in total. The highest BCUT2D eigenvalue weighted by atomic mass is 16.5. The molecule has 2 fully saturated rings. The fourth-order valence-electron chi connectivity index (χ4n) is 3.37. The van der Waals surface area contributed by atoms with E-state index in [1.165, 1.54) is 51.4 Å². The third kappa shape index (κ3) is 3.11. The van der Waals surface area contributed by atoms with Crippen molar-refractivity contribution < 1.29 is 9.53 Å². The molecular formula is C15H24O2. The molecule has 0 amide bonds. The van der Waals surface area contributed by atoms with Gasteiger partial charge in [-0.25, -0.2) is 4.79 Å². The molecule has 0 spiro atoms. The standard InChI is InChI=1S/C15H24O2/c1-11(2)15(16)17-14(12-7-3-4-8-12)13-9-5-6-10-13/h12-14H,1,3-10H2,2H3.